The fourth-order valence-corrected chi connectivity index (χ4v) is 1.62. The van der Waals surface area contributed by atoms with E-state index in [-0.39, 0.29) is 5.82 Å². The summed E-state index contributed by atoms with van der Waals surface area (Å²) in [6.45, 7) is 2.76. The molecule has 1 saturated carbocycles. The lowest BCUT2D eigenvalue weighted by Crippen LogP contribution is -2.15. The topological polar surface area (TPSA) is 26.0 Å². The van der Waals surface area contributed by atoms with Crippen LogP contribution in [0, 0.1) is 18.7 Å². The summed E-state index contributed by atoms with van der Waals surface area (Å²) in [5.41, 5.74) is 6.30. The first-order chi connectivity index (χ1) is 7.22. The Morgan fingerprint density at radius 2 is 2.13 bits per heavy atom. The molecule has 0 heterocycles. The summed E-state index contributed by atoms with van der Waals surface area (Å²) in [7, 11) is 0. The van der Waals surface area contributed by atoms with Crippen LogP contribution in [-0.4, -0.2) is 6.54 Å². The zero-order valence-corrected chi connectivity index (χ0v) is 9.38. The van der Waals surface area contributed by atoms with E-state index in [4.69, 9.17) is 5.73 Å². The summed E-state index contributed by atoms with van der Waals surface area (Å²) < 4.78 is 12.2. The molecular formula is C13H20FN. The number of aryl methyl sites for hydroxylation is 1. The number of rotatable bonds is 2. The normalized spacial score (nSPS) is 15.1. The number of hydrogen-bond acceptors (Lipinski definition) is 1. The number of hydrogen-bond donors (Lipinski definition) is 1. The van der Waals surface area contributed by atoms with Crippen molar-refractivity contribution in [1.29, 1.82) is 0 Å². The fraction of sp³-hybridized carbons (Fsp3) is 0.538. The van der Waals surface area contributed by atoms with E-state index in [1.165, 1.54) is 37.8 Å². The first-order valence-electron chi connectivity index (χ1n) is 5.64. The molecule has 1 aromatic rings. The van der Waals surface area contributed by atoms with Gasteiger partial charge in [-0.05, 0) is 43.5 Å². The van der Waals surface area contributed by atoms with E-state index in [0.717, 1.165) is 18.0 Å². The summed E-state index contributed by atoms with van der Waals surface area (Å²) in [6.07, 6.45) is 5.60. The maximum absolute atomic E-state index is 12.2. The maximum atomic E-state index is 12.2. The number of halogens is 1. The second-order valence-corrected chi connectivity index (χ2v) is 4.17. The van der Waals surface area contributed by atoms with Gasteiger partial charge in [0.1, 0.15) is 5.82 Å². The van der Waals surface area contributed by atoms with E-state index < -0.39 is 0 Å². The molecule has 0 amide bonds. The zero-order valence-electron chi connectivity index (χ0n) is 9.38. The molecule has 0 radical (unpaired) electrons. The monoisotopic (exact) mass is 209 g/mol. The van der Waals surface area contributed by atoms with Gasteiger partial charge in [-0.15, -0.1) is 0 Å². The lowest BCUT2D eigenvalue weighted by atomic mass is 9.83. The molecule has 0 aromatic heterocycles. The van der Waals surface area contributed by atoms with Crippen LogP contribution in [0.1, 0.15) is 31.2 Å². The van der Waals surface area contributed by atoms with Crippen LogP contribution in [0.4, 0.5) is 4.39 Å². The van der Waals surface area contributed by atoms with Crippen molar-refractivity contribution in [3.05, 3.63) is 35.6 Å². The van der Waals surface area contributed by atoms with Crippen LogP contribution >= 0.6 is 0 Å². The molecule has 1 aliphatic rings. The molecule has 1 fully saturated rings. The van der Waals surface area contributed by atoms with Crippen LogP contribution in [0.3, 0.4) is 0 Å². The molecule has 0 unspecified atom stereocenters. The van der Waals surface area contributed by atoms with E-state index >= 15 is 0 Å². The minimum Gasteiger partial charge on any atom is -0.330 e. The second-order valence-electron chi connectivity index (χ2n) is 4.17. The lowest BCUT2D eigenvalue weighted by Gasteiger charge is -2.23. The smallest absolute Gasteiger partial charge is 0.123 e. The lowest BCUT2D eigenvalue weighted by molar-refractivity contribution is 0.300. The molecule has 15 heavy (non-hydrogen) atoms. The predicted molar refractivity (Wildman–Crippen MR) is 62.1 cm³/mol. The first kappa shape index (κ1) is 12.2. The molecule has 0 atom stereocenters. The van der Waals surface area contributed by atoms with E-state index in [9.17, 15) is 4.39 Å². The van der Waals surface area contributed by atoms with Crippen LogP contribution in [0.25, 0.3) is 0 Å². The largest absolute Gasteiger partial charge is 0.330 e. The number of benzene rings is 1. The molecule has 1 aliphatic carbocycles. The third-order valence-corrected chi connectivity index (χ3v) is 2.78. The minimum absolute atomic E-state index is 0.162. The zero-order chi connectivity index (χ0) is 11.1. The molecule has 0 bridgehead atoms. The number of nitrogens with two attached hydrogens (primary N) is 1. The molecule has 1 aromatic carbocycles. The van der Waals surface area contributed by atoms with Crippen molar-refractivity contribution in [1.82, 2.24) is 0 Å². The fourth-order valence-electron chi connectivity index (χ4n) is 1.62. The Hall–Kier alpha value is -0.890. The van der Waals surface area contributed by atoms with Gasteiger partial charge in [0.05, 0.1) is 0 Å². The van der Waals surface area contributed by atoms with Crippen LogP contribution in [0.5, 0.6) is 0 Å². The second kappa shape index (κ2) is 6.57. The van der Waals surface area contributed by atoms with Gasteiger partial charge in [-0.2, -0.15) is 0 Å². The minimum atomic E-state index is -0.162. The van der Waals surface area contributed by atoms with E-state index in [1.54, 1.807) is 6.07 Å². The van der Waals surface area contributed by atoms with Gasteiger partial charge in [0, 0.05) is 0 Å². The Morgan fingerprint density at radius 1 is 1.40 bits per heavy atom. The molecule has 0 aliphatic heterocycles. The van der Waals surface area contributed by atoms with E-state index in [0.29, 0.717) is 0 Å². The van der Waals surface area contributed by atoms with Gasteiger partial charge in [0.2, 0.25) is 0 Å². The molecular weight excluding hydrogens is 189 g/mol. The molecule has 2 rings (SSSR count). The van der Waals surface area contributed by atoms with Crippen molar-refractivity contribution < 1.29 is 4.39 Å². The Balaban J connectivity index is 0.000000151. The summed E-state index contributed by atoms with van der Waals surface area (Å²) in [5.74, 6) is 0.843. The van der Waals surface area contributed by atoms with Crippen molar-refractivity contribution in [2.75, 3.05) is 6.54 Å². The van der Waals surface area contributed by atoms with Gasteiger partial charge >= 0.3 is 0 Å². The maximum Gasteiger partial charge on any atom is 0.123 e. The summed E-state index contributed by atoms with van der Waals surface area (Å²) in [6, 6.07) is 6.50. The average molecular weight is 209 g/mol. The third kappa shape index (κ3) is 4.93. The Bertz CT molecular complexity index is 264. The third-order valence-electron chi connectivity index (χ3n) is 2.78. The quantitative estimate of drug-likeness (QED) is 0.794. The highest BCUT2D eigenvalue weighted by atomic mass is 19.1. The van der Waals surface area contributed by atoms with Crippen LogP contribution in [-0.2, 0) is 0 Å². The van der Waals surface area contributed by atoms with Crippen molar-refractivity contribution >= 4 is 0 Å². The molecule has 0 saturated heterocycles. The van der Waals surface area contributed by atoms with Crippen LogP contribution < -0.4 is 5.73 Å². The van der Waals surface area contributed by atoms with Gasteiger partial charge in [-0.1, -0.05) is 31.4 Å². The van der Waals surface area contributed by atoms with Crippen molar-refractivity contribution in [2.24, 2.45) is 11.7 Å². The van der Waals surface area contributed by atoms with Crippen molar-refractivity contribution in [3.8, 4) is 0 Å². The summed E-state index contributed by atoms with van der Waals surface area (Å²) in [5, 5.41) is 0. The highest BCUT2D eigenvalue weighted by Crippen LogP contribution is 2.28. The highest BCUT2D eigenvalue weighted by Gasteiger charge is 2.15. The first-order valence-corrected chi connectivity index (χ1v) is 5.64. The van der Waals surface area contributed by atoms with E-state index in [1.807, 2.05) is 13.0 Å². The van der Waals surface area contributed by atoms with Crippen molar-refractivity contribution in [2.45, 2.75) is 32.6 Å². The van der Waals surface area contributed by atoms with Gasteiger partial charge in [0.25, 0.3) is 0 Å². The standard InChI is InChI=1S/C7H7F.C6H13N/c1-6-3-2-4-7(8)5-6;7-5-4-6-2-1-3-6/h2-5H,1H3;6H,1-5,7H2. The Kier molecular flexibility index (Phi) is 5.33. The molecule has 84 valence electrons. The Morgan fingerprint density at radius 3 is 2.40 bits per heavy atom. The van der Waals surface area contributed by atoms with Gasteiger partial charge in [-0.3, -0.25) is 0 Å². The van der Waals surface area contributed by atoms with Gasteiger partial charge in [0.15, 0.2) is 0 Å². The van der Waals surface area contributed by atoms with Crippen molar-refractivity contribution in [3.63, 3.8) is 0 Å². The van der Waals surface area contributed by atoms with E-state index in [2.05, 4.69) is 0 Å². The van der Waals surface area contributed by atoms with Crippen LogP contribution in [0.15, 0.2) is 24.3 Å². The summed E-state index contributed by atoms with van der Waals surface area (Å²) in [4.78, 5) is 0. The summed E-state index contributed by atoms with van der Waals surface area (Å²) >= 11 is 0. The molecule has 2 heteroatoms. The van der Waals surface area contributed by atoms with Gasteiger partial charge in [-0.25, -0.2) is 4.39 Å². The molecule has 0 spiro atoms. The Labute approximate surface area is 91.5 Å². The molecule has 2 N–H and O–H groups in total. The van der Waals surface area contributed by atoms with Gasteiger partial charge < -0.3 is 5.73 Å². The molecule has 1 nitrogen and oxygen atoms in total. The SMILES string of the molecule is Cc1cccc(F)c1.NCCC1CCC1. The van der Waals surface area contributed by atoms with Crippen LogP contribution in [0.2, 0.25) is 0 Å². The highest BCUT2D eigenvalue weighted by molar-refractivity contribution is 5.13. The predicted octanol–water partition coefficient (Wildman–Crippen LogP) is 3.27. The average Bonchev–Trinajstić information content (AvgIpc) is 2.12.